The molecule has 0 spiro atoms. The van der Waals surface area contributed by atoms with Gasteiger partial charge in [-0.15, -0.1) is 0 Å². The first-order chi connectivity index (χ1) is 53.5. The minimum atomic E-state index is -5.24. The summed E-state index contributed by atoms with van der Waals surface area (Å²) < 4.78 is 88.9. The second kappa shape index (κ2) is 128. The van der Waals surface area contributed by atoms with Crippen molar-refractivity contribution >= 4 is 20.6 Å². The summed E-state index contributed by atoms with van der Waals surface area (Å²) in [5.41, 5.74) is -3.12. The van der Waals surface area contributed by atoms with Gasteiger partial charge in [0.05, 0.1) is 0 Å². The highest BCUT2D eigenvalue weighted by Crippen LogP contribution is 2.49. The summed E-state index contributed by atoms with van der Waals surface area (Å²) in [6.45, 7) is 61.0. The Bertz CT molecular complexity index is 2300. The van der Waals surface area contributed by atoms with E-state index in [1.165, 1.54) is 10.8 Å². The van der Waals surface area contributed by atoms with Gasteiger partial charge in [0.15, 0.2) is 5.41 Å². The summed E-state index contributed by atoms with van der Waals surface area (Å²) >= 11 is 0. The first kappa shape index (κ1) is 138. The zero-order valence-corrected chi connectivity index (χ0v) is 77.1. The minimum Gasteiger partial charge on any atom is -0.229 e. The van der Waals surface area contributed by atoms with Crippen molar-refractivity contribution in [1.82, 2.24) is 0 Å². The van der Waals surface area contributed by atoms with E-state index in [4.69, 9.17) is 0 Å². The fourth-order valence-electron chi connectivity index (χ4n) is 4.76. The predicted octanol–water partition coefficient (Wildman–Crippen LogP) is 36.2. The van der Waals surface area contributed by atoms with Crippen molar-refractivity contribution < 1.29 is 34.8 Å². The molecule has 0 saturated heterocycles. The SMILES string of the molecule is CC.CC.CC.CC.CC.CC.CC.CC.CC.CC.CC.CC.CC.CC(C)(C(F)(F)F)C(F)(F)F.CC(C)(C)C.CS(C)(=O)=O.c1ccc2ccccc2c1.c1ccccc1.c1ccccc1.c1ccccc1.c1ccccc1.c1ccccc1.c1ccccc1.c1ccccc1.c1ccccc1.c1ccccc1. The van der Waals surface area contributed by atoms with E-state index < -0.39 is 27.6 Å². The van der Waals surface area contributed by atoms with Gasteiger partial charge in [-0.2, -0.15) is 26.3 Å². The summed E-state index contributed by atoms with van der Waals surface area (Å²) in [6.07, 6.45) is -8.17. The molecular weight excluding hydrogens is 1400 g/mol. The van der Waals surface area contributed by atoms with Crippen molar-refractivity contribution in [3.05, 3.63) is 376 Å². The molecule has 0 saturated carbocycles. The van der Waals surface area contributed by atoms with Crippen LogP contribution in [0.1, 0.15) is 222 Å². The normalized spacial score (nSPS) is 8.07. The molecule has 11 rings (SSSR count). The fourth-order valence-corrected chi connectivity index (χ4v) is 4.76. The van der Waals surface area contributed by atoms with Gasteiger partial charge in [0, 0.05) is 12.5 Å². The van der Waals surface area contributed by atoms with Crippen LogP contribution >= 0.6 is 0 Å². The molecule has 0 aromatic heterocycles. The zero-order valence-electron chi connectivity index (χ0n) is 76.3. The van der Waals surface area contributed by atoms with E-state index in [0.29, 0.717) is 5.41 Å². The number of rotatable bonds is 0. The lowest BCUT2D eigenvalue weighted by atomic mass is 9.92. The number of halogens is 6. The van der Waals surface area contributed by atoms with Crippen LogP contribution in [0.3, 0.4) is 0 Å². The van der Waals surface area contributed by atoms with E-state index in [1.807, 2.05) is 508 Å². The van der Waals surface area contributed by atoms with Gasteiger partial charge in [-0.05, 0) is 30.0 Å². The van der Waals surface area contributed by atoms with Crippen LogP contribution in [0.25, 0.3) is 10.8 Å². The molecule has 0 amide bonds. The van der Waals surface area contributed by atoms with Gasteiger partial charge in [-0.1, -0.05) is 584 Å². The molecule has 9 heteroatoms. The summed E-state index contributed by atoms with van der Waals surface area (Å²) in [5, 5.41) is 2.62. The molecule has 111 heavy (non-hydrogen) atoms. The molecule has 0 aliphatic rings. The smallest absolute Gasteiger partial charge is 0.229 e. The third-order valence-corrected chi connectivity index (χ3v) is 9.08. The van der Waals surface area contributed by atoms with Crippen LogP contribution in [0.4, 0.5) is 26.3 Å². The van der Waals surface area contributed by atoms with Crippen LogP contribution in [0.15, 0.2) is 376 Å². The maximum atomic E-state index is 11.6. The average molecular weight is 1570 g/mol. The molecule has 0 aliphatic carbocycles. The predicted molar refractivity (Wildman–Crippen MR) is 501 cm³/mol. The van der Waals surface area contributed by atoms with Crippen molar-refractivity contribution in [1.29, 1.82) is 0 Å². The molecule has 11 aromatic rings. The quantitative estimate of drug-likeness (QED) is 0.142. The van der Waals surface area contributed by atoms with E-state index in [2.05, 4.69) is 76.2 Å². The molecule has 0 radical (unpaired) electrons. The van der Waals surface area contributed by atoms with E-state index in [-0.39, 0.29) is 13.8 Å². The average Bonchev–Trinajstić information content (AvgIpc) is 0.793. The molecule has 0 fully saturated rings. The van der Waals surface area contributed by atoms with Crippen molar-refractivity contribution in [2.75, 3.05) is 12.5 Å². The maximum absolute atomic E-state index is 11.6. The number of sulfone groups is 1. The van der Waals surface area contributed by atoms with Crippen LogP contribution in [-0.4, -0.2) is 33.3 Å². The molecule has 0 aliphatic heterocycles. The fraction of sp³-hybridized carbons (Fsp3) is 0.373. The molecule has 11 aromatic carbocycles. The summed E-state index contributed by atoms with van der Waals surface area (Å²) in [6, 6.07) is 125. The van der Waals surface area contributed by atoms with E-state index in [1.54, 1.807) is 0 Å². The highest BCUT2D eigenvalue weighted by Gasteiger charge is 2.64. The van der Waals surface area contributed by atoms with E-state index in [0.717, 1.165) is 12.5 Å². The Labute approximate surface area is 684 Å². The molecule has 0 atom stereocenters. The first-order valence-electron chi connectivity index (χ1n) is 40.2. The summed E-state index contributed by atoms with van der Waals surface area (Å²) in [4.78, 5) is 0. The number of hydrogen-bond donors (Lipinski definition) is 0. The van der Waals surface area contributed by atoms with Gasteiger partial charge in [0.1, 0.15) is 9.84 Å². The van der Waals surface area contributed by atoms with Gasteiger partial charge in [0.25, 0.3) is 0 Å². The van der Waals surface area contributed by atoms with Gasteiger partial charge in [-0.3, -0.25) is 0 Å². The standard InChI is InChI=1S/C10H8.9C6H6.C5H6F6.C5H12.C2H6O2S.13C2H6/c1-2-6-10-8-4-3-7-9(10)5-1;9*1-2-4-6-5-3-1;1-3(2,4(6,7)8)5(9,10)11;2*1-5(2,3)4;13*1-2/h1-8H;9*1-6H;1-2H3;1-4H3;1-2H3;13*1-2H3. The number of fused-ring (bicyclic) bond motifs is 1. The molecular formula is C102H164F6O2S. The highest BCUT2D eigenvalue weighted by atomic mass is 32.2. The Morgan fingerprint density at radius 3 is 0.261 bits per heavy atom. The second-order valence-corrected chi connectivity index (χ2v) is 21.8. The van der Waals surface area contributed by atoms with Gasteiger partial charge >= 0.3 is 12.4 Å². The largest absolute Gasteiger partial charge is 0.402 e. The van der Waals surface area contributed by atoms with Crippen molar-refractivity contribution in [2.24, 2.45) is 10.8 Å². The molecule has 0 N–H and O–H groups in total. The van der Waals surface area contributed by atoms with Crippen LogP contribution in [0.5, 0.6) is 0 Å². The Kier molecular flexibility index (Phi) is 158. The Morgan fingerprint density at radius 2 is 0.225 bits per heavy atom. The summed E-state index contributed by atoms with van der Waals surface area (Å²) in [7, 11) is -2.67. The lowest BCUT2D eigenvalue weighted by molar-refractivity contribution is -0.327. The van der Waals surface area contributed by atoms with E-state index in [9.17, 15) is 34.8 Å². The zero-order chi connectivity index (χ0) is 89.5. The maximum Gasteiger partial charge on any atom is 0.402 e. The van der Waals surface area contributed by atoms with Crippen molar-refractivity contribution in [2.45, 2.75) is 234 Å². The van der Waals surface area contributed by atoms with Crippen LogP contribution in [-0.2, 0) is 9.84 Å². The molecule has 632 valence electrons. The van der Waals surface area contributed by atoms with Gasteiger partial charge in [0.2, 0.25) is 0 Å². The summed E-state index contributed by atoms with van der Waals surface area (Å²) in [5.74, 6) is 0. The van der Waals surface area contributed by atoms with Gasteiger partial charge < -0.3 is 0 Å². The lowest BCUT2D eigenvalue weighted by Gasteiger charge is -2.29. The first-order valence-corrected chi connectivity index (χ1v) is 42.5. The van der Waals surface area contributed by atoms with E-state index >= 15 is 0 Å². The number of alkyl halides is 6. The van der Waals surface area contributed by atoms with Gasteiger partial charge in [-0.25, -0.2) is 8.42 Å². The van der Waals surface area contributed by atoms with Crippen LogP contribution in [0.2, 0.25) is 0 Å². The molecule has 2 nitrogen and oxygen atoms in total. The molecule has 0 bridgehead atoms. The Morgan fingerprint density at radius 1 is 0.171 bits per heavy atom. The monoisotopic (exact) mass is 1570 g/mol. The van der Waals surface area contributed by atoms with Crippen LogP contribution in [0, 0.1) is 10.8 Å². The Hall–Kier alpha value is -8.79. The van der Waals surface area contributed by atoms with Crippen LogP contribution < -0.4 is 0 Å². The minimum absolute atomic E-state index is 0.104. The Balaban J connectivity index is -0.0000000678. The van der Waals surface area contributed by atoms with Crippen molar-refractivity contribution in [3.8, 4) is 0 Å². The number of benzene rings is 11. The topological polar surface area (TPSA) is 34.1 Å². The highest BCUT2D eigenvalue weighted by molar-refractivity contribution is 7.89. The number of hydrogen-bond acceptors (Lipinski definition) is 2. The van der Waals surface area contributed by atoms with Crippen molar-refractivity contribution in [3.63, 3.8) is 0 Å². The third-order valence-electron chi connectivity index (χ3n) is 9.08. The molecule has 0 unspecified atom stereocenters. The lowest BCUT2D eigenvalue weighted by Crippen LogP contribution is -2.44. The molecule has 0 heterocycles. The second-order valence-electron chi connectivity index (χ2n) is 19.5. The third kappa shape index (κ3) is 151.